The third kappa shape index (κ3) is 7.69. The molecule has 0 bridgehead atoms. The Hall–Kier alpha value is -2.57. The Labute approximate surface area is 147 Å². The van der Waals surface area contributed by atoms with Crippen molar-refractivity contribution in [2.24, 2.45) is 5.92 Å². The first-order valence-electron chi connectivity index (χ1n) is 8.62. The minimum atomic E-state index is -0.886. The van der Waals surface area contributed by atoms with E-state index in [1.54, 1.807) is 0 Å². The lowest BCUT2D eigenvalue weighted by Crippen LogP contribution is -2.45. The molecular formula is C18H25N3O4. The van der Waals surface area contributed by atoms with Crippen LogP contribution in [0.3, 0.4) is 0 Å². The lowest BCUT2D eigenvalue weighted by molar-refractivity contribution is -0.137. The number of rotatable bonds is 10. The van der Waals surface area contributed by atoms with Crippen molar-refractivity contribution < 1.29 is 19.5 Å². The molecule has 1 aromatic carbocycles. The number of carboxylic acids is 1. The molecule has 25 heavy (non-hydrogen) atoms. The Morgan fingerprint density at radius 1 is 1.08 bits per heavy atom. The second-order valence-electron chi connectivity index (χ2n) is 6.28. The molecule has 136 valence electrons. The molecule has 7 nitrogen and oxygen atoms in total. The molecule has 2 rings (SSSR count). The summed E-state index contributed by atoms with van der Waals surface area (Å²) in [5.41, 5.74) is 1.04. The highest BCUT2D eigenvalue weighted by Gasteiger charge is 2.29. The predicted octanol–water partition coefficient (Wildman–Crippen LogP) is 1.29. The zero-order valence-electron chi connectivity index (χ0n) is 14.2. The van der Waals surface area contributed by atoms with E-state index in [1.807, 2.05) is 30.3 Å². The highest BCUT2D eigenvalue weighted by molar-refractivity contribution is 5.81. The van der Waals surface area contributed by atoms with Crippen LogP contribution < -0.4 is 16.0 Å². The quantitative estimate of drug-likeness (QED) is 0.478. The van der Waals surface area contributed by atoms with Crippen LogP contribution in [0.25, 0.3) is 0 Å². The predicted molar refractivity (Wildman–Crippen MR) is 93.1 cm³/mol. The lowest BCUT2D eigenvalue weighted by atomic mass is 10.0. The zero-order valence-corrected chi connectivity index (χ0v) is 14.2. The van der Waals surface area contributed by atoms with Gasteiger partial charge >= 0.3 is 12.0 Å². The topological polar surface area (TPSA) is 108 Å². The first-order valence-corrected chi connectivity index (χ1v) is 8.62. The van der Waals surface area contributed by atoms with Crippen molar-refractivity contribution in [2.75, 3.05) is 13.1 Å². The standard InChI is InChI=1S/C18H25N3O4/c22-16(23)9-8-15(12-13-4-2-1-3-5-13)21-18(25)20-11-10-19-17(24)14-6-7-14/h1-5,14-15H,6-12H2,(H,19,24)(H,22,23)(H2,20,21,25). The second-order valence-corrected chi connectivity index (χ2v) is 6.28. The van der Waals surface area contributed by atoms with Gasteiger partial charge in [0.05, 0.1) is 0 Å². The smallest absolute Gasteiger partial charge is 0.315 e. The minimum absolute atomic E-state index is 0.00474. The number of carboxylic acid groups (broad SMARTS) is 1. The number of carbonyl (C=O) groups is 3. The normalized spacial score (nSPS) is 14.4. The van der Waals surface area contributed by atoms with Gasteiger partial charge in [0.15, 0.2) is 0 Å². The molecule has 4 N–H and O–H groups in total. The average molecular weight is 347 g/mol. The van der Waals surface area contributed by atoms with Crippen molar-refractivity contribution in [3.05, 3.63) is 35.9 Å². The summed E-state index contributed by atoms with van der Waals surface area (Å²) in [5.74, 6) is -0.686. The fraction of sp³-hybridized carbons (Fsp3) is 0.500. The number of amides is 3. The Balaban J connectivity index is 1.72. The van der Waals surface area contributed by atoms with E-state index < -0.39 is 5.97 Å². The Kier molecular flexibility index (Phi) is 7.25. The van der Waals surface area contributed by atoms with E-state index in [1.165, 1.54) is 0 Å². The van der Waals surface area contributed by atoms with Crippen LogP contribution in [-0.4, -0.2) is 42.1 Å². The maximum atomic E-state index is 12.0. The monoisotopic (exact) mass is 347 g/mol. The van der Waals surface area contributed by atoms with Crippen LogP contribution in [0.5, 0.6) is 0 Å². The van der Waals surface area contributed by atoms with E-state index in [4.69, 9.17) is 5.11 Å². The van der Waals surface area contributed by atoms with Crippen molar-refractivity contribution in [3.8, 4) is 0 Å². The van der Waals surface area contributed by atoms with Gasteiger partial charge in [-0.05, 0) is 31.2 Å². The zero-order chi connectivity index (χ0) is 18.1. The van der Waals surface area contributed by atoms with Crippen LogP contribution in [0, 0.1) is 5.92 Å². The van der Waals surface area contributed by atoms with Crippen molar-refractivity contribution in [3.63, 3.8) is 0 Å². The first kappa shape index (κ1) is 18.8. The summed E-state index contributed by atoms with van der Waals surface area (Å²) in [7, 11) is 0. The van der Waals surface area contributed by atoms with Gasteiger partial charge in [0.25, 0.3) is 0 Å². The lowest BCUT2D eigenvalue weighted by Gasteiger charge is -2.19. The molecule has 1 aromatic rings. The van der Waals surface area contributed by atoms with E-state index in [0.29, 0.717) is 25.9 Å². The third-order valence-electron chi connectivity index (χ3n) is 4.02. The van der Waals surface area contributed by atoms with Crippen molar-refractivity contribution in [1.82, 2.24) is 16.0 Å². The van der Waals surface area contributed by atoms with E-state index in [0.717, 1.165) is 18.4 Å². The van der Waals surface area contributed by atoms with Gasteiger partial charge in [0.2, 0.25) is 5.91 Å². The van der Waals surface area contributed by atoms with E-state index in [-0.39, 0.29) is 30.3 Å². The molecule has 1 aliphatic carbocycles. The van der Waals surface area contributed by atoms with E-state index in [9.17, 15) is 14.4 Å². The Morgan fingerprint density at radius 2 is 1.76 bits per heavy atom. The first-order chi connectivity index (χ1) is 12.0. The van der Waals surface area contributed by atoms with Gasteiger partial charge in [-0.25, -0.2) is 4.79 Å². The molecule has 7 heteroatoms. The fourth-order valence-electron chi connectivity index (χ4n) is 2.51. The molecule has 1 fully saturated rings. The van der Waals surface area contributed by atoms with Gasteiger partial charge in [0.1, 0.15) is 0 Å². The minimum Gasteiger partial charge on any atom is -0.481 e. The number of hydrogen-bond donors (Lipinski definition) is 4. The largest absolute Gasteiger partial charge is 0.481 e. The van der Waals surface area contributed by atoms with Crippen LogP contribution in [-0.2, 0) is 16.0 Å². The Morgan fingerprint density at radius 3 is 2.40 bits per heavy atom. The Bertz CT molecular complexity index is 587. The van der Waals surface area contributed by atoms with E-state index >= 15 is 0 Å². The van der Waals surface area contributed by atoms with Crippen molar-refractivity contribution in [2.45, 2.75) is 38.1 Å². The molecule has 0 saturated heterocycles. The molecule has 1 saturated carbocycles. The van der Waals surface area contributed by atoms with Crippen LogP contribution in [0.15, 0.2) is 30.3 Å². The number of carbonyl (C=O) groups excluding carboxylic acids is 2. The highest BCUT2D eigenvalue weighted by atomic mass is 16.4. The van der Waals surface area contributed by atoms with Gasteiger partial charge in [-0.1, -0.05) is 30.3 Å². The molecule has 3 amide bonds. The van der Waals surface area contributed by atoms with E-state index in [2.05, 4.69) is 16.0 Å². The molecule has 0 aromatic heterocycles. The summed E-state index contributed by atoms with van der Waals surface area (Å²) in [6.07, 6.45) is 2.82. The SMILES string of the molecule is O=C(O)CCC(Cc1ccccc1)NC(=O)NCCNC(=O)C1CC1. The van der Waals surface area contributed by atoms with Crippen LogP contribution >= 0.6 is 0 Å². The maximum absolute atomic E-state index is 12.0. The van der Waals surface area contributed by atoms with Gasteiger partial charge < -0.3 is 21.1 Å². The third-order valence-corrected chi connectivity index (χ3v) is 4.02. The summed E-state index contributed by atoms with van der Waals surface area (Å²) in [4.78, 5) is 34.3. The number of hydrogen-bond acceptors (Lipinski definition) is 3. The summed E-state index contributed by atoms with van der Waals surface area (Å²) in [6, 6.07) is 9.00. The summed E-state index contributed by atoms with van der Waals surface area (Å²) < 4.78 is 0. The van der Waals surface area contributed by atoms with Crippen molar-refractivity contribution in [1.29, 1.82) is 0 Å². The molecule has 1 aliphatic rings. The van der Waals surface area contributed by atoms with Gasteiger partial charge in [-0.3, -0.25) is 9.59 Å². The second kappa shape index (κ2) is 9.66. The molecular weight excluding hydrogens is 322 g/mol. The summed E-state index contributed by atoms with van der Waals surface area (Å²) in [5, 5.41) is 17.2. The maximum Gasteiger partial charge on any atom is 0.315 e. The molecule has 0 heterocycles. The average Bonchev–Trinajstić information content (AvgIpc) is 3.42. The number of urea groups is 1. The van der Waals surface area contributed by atoms with Crippen LogP contribution in [0.1, 0.15) is 31.2 Å². The number of benzene rings is 1. The fourth-order valence-corrected chi connectivity index (χ4v) is 2.51. The molecule has 0 radical (unpaired) electrons. The molecule has 0 aliphatic heterocycles. The molecule has 0 spiro atoms. The van der Waals surface area contributed by atoms with Gasteiger partial charge in [0, 0.05) is 31.5 Å². The number of aliphatic carboxylic acids is 1. The number of nitrogens with one attached hydrogen (secondary N) is 3. The van der Waals surface area contributed by atoms with Gasteiger partial charge in [-0.2, -0.15) is 0 Å². The summed E-state index contributed by atoms with van der Waals surface area (Å²) in [6.45, 7) is 0.725. The summed E-state index contributed by atoms with van der Waals surface area (Å²) >= 11 is 0. The van der Waals surface area contributed by atoms with Gasteiger partial charge in [-0.15, -0.1) is 0 Å². The highest BCUT2D eigenvalue weighted by Crippen LogP contribution is 2.28. The van der Waals surface area contributed by atoms with Crippen LogP contribution in [0.4, 0.5) is 4.79 Å². The van der Waals surface area contributed by atoms with Crippen LogP contribution in [0.2, 0.25) is 0 Å². The molecule has 1 unspecified atom stereocenters. The molecule has 1 atom stereocenters. The van der Waals surface area contributed by atoms with Crippen molar-refractivity contribution >= 4 is 17.9 Å².